The number of allylic oxidation sites excluding steroid dienone is 8. The Morgan fingerprint density at radius 2 is 1.36 bits per heavy atom. The van der Waals surface area contributed by atoms with Gasteiger partial charge in [-0.05, 0) is 20.3 Å². The molecule has 0 nitrogen and oxygen atoms in total. The topological polar surface area (TPSA) is 0 Å². The van der Waals surface area contributed by atoms with Crippen LogP contribution in [0.1, 0.15) is 20.3 Å². The molecule has 0 unspecified atom stereocenters. The Hall–Kier alpha value is -1.04. The molecule has 0 amide bonds. The van der Waals surface area contributed by atoms with Gasteiger partial charge in [-0.3, -0.25) is 0 Å². The highest BCUT2D eigenvalue weighted by atomic mass is 13.8. The first-order valence-corrected chi connectivity index (χ1v) is 3.97. The molecule has 0 N–H and O–H groups in total. The molecular formula is C11H16. The van der Waals surface area contributed by atoms with Gasteiger partial charge < -0.3 is 0 Å². The van der Waals surface area contributed by atoms with E-state index in [1.807, 2.05) is 38.2 Å². The predicted molar refractivity (Wildman–Crippen MR) is 52.5 cm³/mol. The molecule has 1 rings (SSSR count). The van der Waals surface area contributed by atoms with Crippen molar-refractivity contribution in [2.24, 2.45) is 0 Å². The second-order valence-electron chi connectivity index (χ2n) is 2.14. The molecule has 0 aromatic rings. The van der Waals surface area contributed by atoms with Gasteiger partial charge in [-0.25, -0.2) is 0 Å². The molecule has 0 aromatic carbocycles. The fraction of sp³-hybridized carbons (Fsp3) is 0.273. The largest absolute Gasteiger partial charge is 0.0877 e. The zero-order chi connectivity index (χ0) is 8.36. The molecule has 1 aliphatic rings. The summed E-state index contributed by atoms with van der Waals surface area (Å²) in [5.41, 5.74) is 0. The molecule has 11 heavy (non-hydrogen) atoms. The van der Waals surface area contributed by atoms with Gasteiger partial charge in [-0.2, -0.15) is 0 Å². The third-order valence-electron chi connectivity index (χ3n) is 1.15. The molecule has 0 fully saturated rings. The standard InChI is InChI=1S/C6H10.C5H6/c1-3-5-6-4-2;1-2-4-5-3-1/h3-6H,1-2H3;1-4H,5H2. The Kier molecular flexibility index (Phi) is 8.11. The van der Waals surface area contributed by atoms with Crippen LogP contribution >= 0.6 is 0 Å². The second kappa shape index (κ2) is 8.96. The molecule has 0 saturated carbocycles. The van der Waals surface area contributed by atoms with Crippen LogP contribution in [0.4, 0.5) is 0 Å². The monoisotopic (exact) mass is 148 g/mol. The van der Waals surface area contributed by atoms with Crippen molar-refractivity contribution in [2.45, 2.75) is 20.3 Å². The van der Waals surface area contributed by atoms with Crippen LogP contribution in [0.3, 0.4) is 0 Å². The lowest BCUT2D eigenvalue weighted by Crippen LogP contribution is -1.40. The number of rotatable bonds is 1. The van der Waals surface area contributed by atoms with E-state index in [1.54, 1.807) is 0 Å². The van der Waals surface area contributed by atoms with Gasteiger partial charge >= 0.3 is 0 Å². The molecule has 0 aromatic heterocycles. The van der Waals surface area contributed by atoms with E-state index in [4.69, 9.17) is 0 Å². The average molecular weight is 148 g/mol. The van der Waals surface area contributed by atoms with E-state index < -0.39 is 0 Å². The fourth-order valence-corrected chi connectivity index (χ4v) is 0.615. The van der Waals surface area contributed by atoms with Gasteiger partial charge in [0, 0.05) is 0 Å². The van der Waals surface area contributed by atoms with Crippen molar-refractivity contribution >= 4 is 0 Å². The summed E-state index contributed by atoms with van der Waals surface area (Å²) in [4.78, 5) is 0. The Bertz CT molecular complexity index is 148. The van der Waals surface area contributed by atoms with E-state index in [9.17, 15) is 0 Å². The van der Waals surface area contributed by atoms with Gasteiger partial charge in [0.05, 0.1) is 0 Å². The highest BCUT2D eigenvalue weighted by Gasteiger charge is 1.72. The Morgan fingerprint density at radius 3 is 1.55 bits per heavy atom. The lowest BCUT2D eigenvalue weighted by molar-refractivity contribution is 1.45. The average Bonchev–Trinajstić information content (AvgIpc) is 2.57. The summed E-state index contributed by atoms with van der Waals surface area (Å²) in [6.45, 7) is 4.00. The van der Waals surface area contributed by atoms with E-state index >= 15 is 0 Å². The normalized spacial score (nSPS) is 14.4. The maximum absolute atomic E-state index is 2.12. The summed E-state index contributed by atoms with van der Waals surface area (Å²) in [7, 11) is 0. The first-order valence-electron chi connectivity index (χ1n) is 3.97. The van der Waals surface area contributed by atoms with Crippen LogP contribution in [-0.4, -0.2) is 0 Å². The summed E-state index contributed by atoms with van der Waals surface area (Å²) >= 11 is 0. The number of hydrogen-bond acceptors (Lipinski definition) is 0. The maximum Gasteiger partial charge on any atom is -0.0163 e. The van der Waals surface area contributed by atoms with Crippen LogP contribution in [0.2, 0.25) is 0 Å². The van der Waals surface area contributed by atoms with Gasteiger partial charge in [0.15, 0.2) is 0 Å². The fourth-order valence-electron chi connectivity index (χ4n) is 0.615. The van der Waals surface area contributed by atoms with Gasteiger partial charge in [0.1, 0.15) is 0 Å². The molecular weight excluding hydrogens is 132 g/mol. The molecule has 0 spiro atoms. The van der Waals surface area contributed by atoms with Crippen molar-refractivity contribution in [2.75, 3.05) is 0 Å². The van der Waals surface area contributed by atoms with Crippen LogP contribution in [0.25, 0.3) is 0 Å². The van der Waals surface area contributed by atoms with Crippen LogP contribution in [0.5, 0.6) is 0 Å². The first kappa shape index (κ1) is 9.96. The molecule has 60 valence electrons. The van der Waals surface area contributed by atoms with E-state index in [-0.39, 0.29) is 0 Å². The summed E-state index contributed by atoms with van der Waals surface area (Å²) in [6.07, 6.45) is 17.5. The van der Waals surface area contributed by atoms with E-state index in [2.05, 4.69) is 24.3 Å². The minimum atomic E-state index is 1.14. The van der Waals surface area contributed by atoms with Crippen LogP contribution in [0, 0.1) is 0 Å². The van der Waals surface area contributed by atoms with Crippen molar-refractivity contribution in [3.8, 4) is 0 Å². The second-order valence-corrected chi connectivity index (χ2v) is 2.14. The van der Waals surface area contributed by atoms with Crippen molar-refractivity contribution in [1.82, 2.24) is 0 Å². The van der Waals surface area contributed by atoms with Crippen LogP contribution in [-0.2, 0) is 0 Å². The highest BCUT2D eigenvalue weighted by Crippen LogP contribution is 1.93. The SMILES string of the molecule is C1=CCC=C1.CC=CC=CC. The van der Waals surface area contributed by atoms with Crippen LogP contribution < -0.4 is 0 Å². The molecule has 0 heteroatoms. The summed E-state index contributed by atoms with van der Waals surface area (Å²) < 4.78 is 0. The molecule has 0 radical (unpaired) electrons. The zero-order valence-corrected chi connectivity index (χ0v) is 7.33. The lowest BCUT2D eigenvalue weighted by Gasteiger charge is -1.62. The van der Waals surface area contributed by atoms with Gasteiger partial charge in [-0.15, -0.1) is 0 Å². The third kappa shape index (κ3) is 8.96. The quantitative estimate of drug-likeness (QED) is 0.498. The van der Waals surface area contributed by atoms with Crippen LogP contribution in [0.15, 0.2) is 48.6 Å². The molecule has 0 aliphatic heterocycles. The molecule has 1 aliphatic carbocycles. The summed E-state index contributed by atoms with van der Waals surface area (Å²) in [5, 5.41) is 0. The van der Waals surface area contributed by atoms with E-state index in [0.29, 0.717) is 0 Å². The Balaban J connectivity index is 0.000000183. The van der Waals surface area contributed by atoms with Crippen molar-refractivity contribution in [3.63, 3.8) is 0 Å². The van der Waals surface area contributed by atoms with E-state index in [1.165, 1.54) is 0 Å². The lowest BCUT2D eigenvalue weighted by atomic mass is 10.5. The Labute approximate surface area is 69.6 Å². The van der Waals surface area contributed by atoms with Gasteiger partial charge in [0.2, 0.25) is 0 Å². The minimum absolute atomic E-state index is 1.14. The molecule has 0 atom stereocenters. The minimum Gasteiger partial charge on any atom is -0.0877 e. The molecule has 0 bridgehead atoms. The Morgan fingerprint density at radius 1 is 0.909 bits per heavy atom. The highest BCUT2D eigenvalue weighted by molar-refractivity contribution is 5.11. The first-order chi connectivity index (χ1) is 5.41. The number of hydrogen-bond donors (Lipinski definition) is 0. The van der Waals surface area contributed by atoms with Crippen molar-refractivity contribution in [3.05, 3.63) is 48.6 Å². The maximum atomic E-state index is 2.12. The third-order valence-corrected chi connectivity index (χ3v) is 1.15. The molecule has 0 heterocycles. The smallest absolute Gasteiger partial charge is 0.0163 e. The summed E-state index contributed by atoms with van der Waals surface area (Å²) in [6, 6.07) is 0. The summed E-state index contributed by atoms with van der Waals surface area (Å²) in [5.74, 6) is 0. The van der Waals surface area contributed by atoms with Gasteiger partial charge in [-0.1, -0.05) is 48.6 Å². The van der Waals surface area contributed by atoms with Gasteiger partial charge in [0.25, 0.3) is 0 Å². The molecule has 0 saturated heterocycles. The van der Waals surface area contributed by atoms with E-state index in [0.717, 1.165) is 6.42 Å². The van der Waals surface area contributed by atoms with Crippen molar-refractivity contribution in [1.29, 1.82) is 0 Å². The predicted octanol–water partition coefficient (Wildman–Crippen LogP) is 3.64. The zero-order valence-electron chi connectivity index (χ0n) is 7.33. The van der Waals surface area contributed by atoms with Crippen molar-refractivity contribution < 1.29 is 0 Å².